The number of hydrogen-bond donors (Lipinski definition) is 0. The summed E-state index contributed by atoms with van der Waals surface area (Å²) in [6.45, 7) is 4.26. The van der Waals surface area contributed by atoms with E-state index in [-0.39, 0.29) is 23.5 Å². The standard InChI is InChI=1S/C24H24ClFN2O2/c1-17-4-9-21(15-22(17)26)28(24(29)23-3-2-14-30-23)20-10-12-27(13-11-20)16-18-5-7-19(25)8-6-18/h2-9,14-15,20H,10-13,16H2,1H3. The van der Waals surface area contributed by atoms with Crippen molar-refractivity contribution in [1.82, 2.24) is 4.90 Å². The lowest BCUT2D eigenvalue weighted by molar-refractivity contribution is 0.0931. The van der Waals surface area contributed by atoms with Crippen molar-refractivity contribution >= 4 is 23.2 Å². The predicted molar refractivity (Wildman–Crippen MR) is 116 cm³/mol. The average molecular weight is 427 g/mol. The van der Waals surface area contributed by atoms with Gasteiger partial charge in [-0.3, -0.25) is 9.69 Å². The highest BCUT2D eigenvalue weighted by Crippen LogP contribution is 2.28. The molecule has 3 aromatic rings. The molecule has 0 unspecified atom stereocenters. The highest BCUT2D eigenvalue weighted by molar-refractivity contribution is 6.30. The minimum absolute atomic E-state index is 0.0221. The van der Waals surface area contributed by atoms with Crippen LogP contribution in [0.4, 0.5) is 10.1 Å². The Morgan fingerprint density at radius 2 is 1.90 bits per heavy atom. The van der Waals surface area contributed by atoms with E-state index in [1.165, 1.54) is 17.9 Å². The maximum Gasteiger partial charge on any atom is 0.294 e. The molecule has 0 bridgehead atoms. The third-order valence-corrected chi connectivity index (χ3v) is 5.88. The second-order valence-electron chi connectivity index (χ2n) is 7.72. The molecule has 6 heteroatoms. The molecule has 0 radical (unpaired) electrons. The van der Waals surface area contributed by atoms with E-state index in [4.69, 9.17) is 16.0 Å². The minimum atomic E-state index is -0.315. The summed E-state index contributed by atoms with van der Waals surface area (Å²) in [5.74, 6) is -0.288. The minimum Gasteiger partial charge on any atom is -0.459 e. The van der Waals surface area contributed by atoms with Crippen molar-refractivity contribution in [3.05, 3.63) is 88.6 Å². The SMILES string of the molecule is Cc1ccc(N(C(=O)c2ccco2)C2CCN(Cc3ccc(Cl)cc3)CC2)cc1F. The number of anilines is 1. The summed E-state index contributed by atoms with van der Waals surface area (Å²) >= 11 is 5.97. The van der Waals surface area contributed by atoms with Crippen LogP contribution in [-0.4, -0.2) is 29.9 Å². The molecule has 0 aliphatic carbocycles. The van der Waals surface area contributed by atoms with Crippen LogP contribution in [0.1, 0.15) is 34.5 Å². The molecule has 30 heavy (non-hydrogen) atoms. The van der Waals surface area contributed by atoms with Crippen LogP contribution in [0.2, 0.25) is 5.02 Å². The van der Waals surface area contributed by atoms with Gasteiger partial charge in [0, 0.05) is 36.4 Å². The predicted octanol–water partition coefficient (Wildman–Crippen LogP) is 5.69. The monoisotopic (exact) mass is 426 g/mol. The number of carbonyl (C=O) groups is 1. The van der Waals surface area contributed by atoms with Crippen molar-refractivity contribution in [2.45, 2.75) is 32.4 Å². The molecule has 4 rings (SSSR count). The van der Waals surface area contributed by atoms with Gasteiger partial charge in [-0.1, -0.05) is 29.8 Å². The maximum atomic E-state index is 14.3. The molecule has 1 fully saturated rings. The number of benzene rings is 2. The number of carbonyl (C=O) groups excluding carboxylic acids is 1. The van der Waals surface area contributed by atoms with Gasteiger partial charge >= 0.3 is 0 Å². The first-order valence-corrected chi connectivity index (χ1v) is 10.5. The van der Waals surface area contributed by atoms with E-state index in [2.05, 4.69) is 4.90 Å². The van der Waals surface area contributed by atoms with E-state index in [1.807, 2.05) is 24.3 Å². The lowest BCUT2D eigenvalue weighted by atomic mass is 10.0. The summed E-state index contributed by atoms with van der Waals surface area (Å²) in [5.41, 5.74) is 2.33. The van der Waals surface area contributed by atoms with E-state index in [9.17, 15) is 9.18 Å². The molecule has 0 spiro atoms. The Labute approximate surface area is 180 Å². The fourth-order valence-corrected chi connectivity index (χ4v) is 4.05. The summed E-state index contributed by atoms with van der Waals surface area (Å²) in [4.78, 5) is 17.3. The van der Waals surface area contributed by atoms with Gasteiger partial charge in [-0.05, 0) is 67.3 Å². The number of halogens is 2. The molecule has 2 heterocycles. The van der Waals surface area contributed by atoms with Gasteiger partial charge in [0.25, 0.3) is 5.91 Å². The zero-order chi connectivity index (χ0) is 21.1. The van der Waals surface area contributed by atoms with Crippen LogP contribution in [0.3, 0.4) is 0 Å². The Hall–Kier alpha value is -2.63. The van der Waals surface area contributed by atoms with Crippen molar-refractivity contribution in [2.75, 3.05) is 18.0 Å². The third kappa shape index (κ3) is 4.58. The third-order valence-electron chi connectivity index (χ3n) is 5.63. The number of amides is 1. The number of piperidine rings is 1. The van der Waals surface area contributed by atoms with E-state index in [0.717, 1.165) is 37.5 Å². The molecule has 2 aromatic carbocycles. The summed E-state index contributed by atoms with van der Waals surface area (Å²) < 4.78 is 19.6. The van der Waals surface area contributed by atoms with Gasteiger partial charge in [0.05, 0.1) is 6.26 Å². The fraction of sp³-hybridized carbons (Fsp3) is 0.292. The molecule has 0 N–H and O–H groups in total. The zero-order valence-corrected chi connectivity index (χ0v) is 17.6. The van der Waals surface area contributed by atoms with Gasteiger partial charge in [-0.2, -0.15) is 0 Å². The number of likely N-dealkylation sites (tertiary alicyclic amines) is 1. The van der Waals surface area contributed by atoms with Crippen LogP contribution < -0.4 is 4.90 Å². The topological polar surface area (TPSA) is 36.7 Å². The van der Waals surface area contributed by atoms with Crippen molar-refractivity contribution in [2.24, 2.45) is 0 Å². The Balaban J connectivity index is 1.51. The van der Waals surface area contributed by atoms with Gasteiger partial charge in [0.15, 0.2) is 5.76 Å². The van der Waals surface area contributed by atoms with Crippen LogP contribution in [-0.2, 0) is 6.54 Å². The fourth-order valence-electron chi connectivity index (χ4n) is 3.93. The number of hydrogen-bond acceptors (Lipinski definition) is 3. The van der Waals surface area contributed by atoms with E-state index in [1.54, 1.807) is 36.1 Å². The second-order valence-corrected chi connectivity index (χ2v) is 8.16. The molecule has 4 nitrogen and oxygen atoms in total. The van der Waals surface area contributed by atoms with Gasteiger partial charge in [0.2, 0.25) is 0 Å². The second kappa shape index (κ2) is 9.02. The van der Waals surface area contributed by atoms with Crippen molar-refractivity contribution in [3.8, 4) is 0 Å². The molecule has 0 saturated carbocycles. The lowest BCUT2D eigenvalue weighted by Gasteiger charge is -2.38. The Morgan fingerprint density at radius 1 is 1.17 bits per heavy atom. The van der Waals surface area contributed by atoms with E-state index < -0.39 is 0 Å². The number of furan rings is 1. The van der Waals surface area contributed by atoms with Gasteiger partial charge < -0.3 is 9.32 Å². The van der Waals surface area contributed by atoms with Gasteiger partial charge in [-0.25, -0.2) is 4.39 Å². The Bertz CT molecular complexity index is 997. The van der Waals surface area contributed by atoms with Crippen LogP contribution in [0.25, 0.3) is 0 Å². The first-order chi connectivity index (χ1) is 14.5. The summed E-state index contributed by atoms with van der Waals surface area (Å²) in [5, 5.41) is 0.731. The highest BCUT2D eigenvalue weighted by Gasteiger charge is 2.31. The van der Waals surface area contributed by atoms with Gasteiger partial charge in [0.1, 0.15) is 5.82 Å². The molecule has 1 aromatic heterocycles. The lowest BCUT2D eigenvalue weighted by Crippen LogP contribution is -2.47. The maximum absolute atomic E-state index is 14.3. The van der Waals surface area contributed by atoms with Crippen LogP contribution in [0.5, 0.6) is 0 Å². The largest absolute Gasteiger partial charge is 0.459 e. The summed E-state index contributed by atoms with van der Waals surface area (Å²) in [6.07, 6.45) is 3.08. The number of aryl methyl sites for hydroxylation is 1. The Kier molecular flexibility index (Phi) is 6.21. The van der Waals surface area contributed by atoms with Crippen molar-refractivity contribution in [3.63, 3.8) is 0 Å². The average Bonchev–Trinajstić information content (AvgIpc) is 3.29. The van der Waals surface area contributed by atoms with Crippen molar-refractivity contribution in [1.29, 1.82) is 0 Å². The molecule has 1 aliphatic rings. The first kappa shape index (κ1) is 20.6. The highest BCUT2D eigenvalue weighted by atomic mass is 35.5. The number of nitrogens with zero attached hydrogens (tertiary/aromatic N) is 2. The van der Waals surface area contributed by atoms with Gasteiger partial charge in [-0.15, -0.1) is 0 Å². The normalized spacial score (nSPS) is 15.3. The van der Waals surface area contributed by atoms with Crippen LogP contribution >= 0.6 is 11.6 Å². The van der Waals surface area contributed by atoms with E-state index in [0.29, 0.717) is 11.3 Å². The van der Waals surface area contributed by atoms with E-state index >= 15 is 0 Å². The molecule has 1 amide bonds. The Morgan fingerprint density at radius 3 is 2.53 bits per heavy atom. The first-order valence-electron chi connectivity index (χ1n) is 10.1. The molecule has 156 valence electrons. The summed E-state index contributed by atoms with van der Waals surface area (Å²) in [6, 6.07) is 16.2. The zero-order valence-electron chi connectivity index (χ0n) is 16.9. The molecule has 0 atom stereocenters. The smallest absolute Gasteiger partial charge is 0.294 e. The van der Waals surface area contributed by atoms with Crippen LogP contribution in [0, 0.1) is 12.7 Å². The molecular weight excluding hydrogens is 403 g/mol. The molecular formula is C24H24ClFN2O2. The summed E-state index contributed by atoms with van der Waals surface area (Å²) in [7, 11) is 0. The van der Waals surface area contributed by atoms with Crippen molar-refractivity contribution < 1.29 is 13.6 Å². The molecule has 1 aliphatic heterocycles. The molecule has 1 saturated heterocycles. The quantitative estimate of drug-likeness (QED) is 0.525. The number of rotatable bonds is 5. The van der Waals surface area contributed by atoms with Crippen LogP contribution in [0.15, 0.2) is 65.3 Å².